The van der Waals surface area contributed by atoms with Crippen molar-refractivity contribution in [3.63, 3.8) is 0 Å². The molecule has 0 aliphatic heterocycles. The van der Waals surface area contributed by atoms with E-state index in [4.69, 9.17) is 0 Å². The van der Waals surface area contributed by atoms with E-state index in [2.05, 4.69) is 26.0 Å². The minimum Gasteiger partial charge on any atom is -0.267 e. The SMILES string of the molecule is Cc1ccc(S(=O)(=O)n2cc(-c3cn(Cc4cccc(F)c4)nc3C)c3cc(Br)cnc32)cc1. The lowest BCUT2D eigenvalue weighted by atomic mass is 10.1. The molecule has 9 heteroatoms. The molecule has 0 radical (unpaired) electrons. The van der Waals surface area contributed by atoms with E-state index in [-0.39, 0.29) is 10.7 Å². The highest BCUT2D eigenvalue weighted by atomic mass is 79.9. The monoisotopic (exact) mass is 538 g/mol. The third kappa shape index (κ3) is 4.05. The van der Waals surface area contributed by atoms with Gasteiger partial charge in [0.15, 0.2) is 5.65 Å². The molecule has 0 aliphatic rings. The van der Waals surface area contributed by atoms with Crippen molar-refractivity contribution in [2.75, 3.05) is 0 Å². The summed E-state index contributed by atoms with van der Waals surface area (Å²) in [6.45, 7) is 4.16. The first-order chi connectivity index (χ1) is 16.2. The van der Waals surface area contributed by atoms with Crippen LogP contribution in [0.4, 0.5) is 4.39 Å². The second-order valence-corrected chi connectivity index (χ2v) is 10.9. The normalized spacial score (nSPS) is 11.9. The number of aromatic nitrogens is 4. The quantitative estimate of drug-likeness (QED) is 0.287. The lowest BCUT2D eigenvalue weighted by Crippen LogP contribution is -2.12. The zero-order valence-corrected chi connectivity index (χ0v) is 20.8. The van der Waals surface area contributed by atoms with Crippen LogP contribution in [-0.2, 0) is 16.6 Å². The van der Waals surface area contributed by atoms with Crippen molar-refractivity contribution in [3.8, 4) is 11.1 Å². The van der Waals surface area contributed by atoms with Crippen molar-refractivity contribution in [3.05, 3.63) is 100 Å². The Kier molecular flexibility index (Phi) is 5.61. The second-order valence-electron chi connectivity index (χ2n) is 8.14. The van der Waals surface area contributed by atoms with Crippen LogP contribution in [0.15, 0.2) is 82.6 Å². The van der Waals surface area contributed by atoms with Gasteiger partial charge in [-0.15, -0.1) is 0 Å². The number of hydrogen-bond acceptors (Lipinski definition) is 4. The maximum atomic E-state index is 13.6. The lowest BCUT2D eigenvalue weighted by Gasteiger charge is -2.07. The fourth-order valence-corrected chi connectivity index (χ4v) is 5.62. The summed E-state index contributed by atoms with van der Waals surface area (Å²) in [5.74, 6) is -0.304. The summed E-state index contributed by atoms with van der Waals surface area (Å²) >= 11 is 3.45. The Hall–Kier alpha value is -3.30. The van der Waals surface area contributed by atoms with Crippen LogP contribution < -0.4 is 0 Å². The van der Waals surface area contributed by atoms with Gasteiger partial charge in [-0.05, 0) is 65.7 Å². The van der Waals surface area contributed by atoms with Gasteiger partial charge in [-0.25, -0.2) is 21.8 Å². The zero-order valence-electron chi connectivity index (χ0n) is 18.4. The molecule has 0 unspecified atom stereocenters. The molecule has 0 bridgehead atoms. The van der Waals surface area contributed by atoms with Gasteiger partial charge < -0.3 is 0 Å². The molecule has 34 heavy (non-hydrogen) atoms. The molecule has 0 fully saturated rings. The highest BCUT2D eigenvalue weighted by molar-refractivity contribution is 9.10. The number of aryl methyl sites for hydroxylation is 2. The van der Waals surface area contributed by atoms with Crippen LogP contribution >= 0.6 is 15.9 Å². The fourth-order valence-electron chi connectivity index (χ4n) is 3.96. The van der Waals surface area contributed by atoms with E-state index in [1.165, 1.54) is 16.1 Å². The summed E-state index contributed by atoms with van der Waals surface area (Å²) in [5.41, 5.74) is 4.28. The molecule has 0 amide bonds. The molecule has 3 aromatic heterocycles. The first-order valence-corrected chi connectivity index (χ1v) is 12.7. The summed E-state index contributed by atoms with van der Waals surface area (Å²) in [4.78, 5) is 4.60. The lowest BCUT2D eigenvalue weighted by molar-refractivity contribution is 0.588. The molecule has 0 atom stereocenters. The van der Waals surface area contributed by atoms with Crippen LogP contribution in [0.2, 0.25) is 0 Å². The van der Waals surface area contributed by atoms with Crippen molar-refractivity contribution in [2.24, 2.45) is 0 Å². The fraction of sp³-hybridized carbons (Fsp3) is 0.120. The Labute approximate surface area is 204 Å². The molecule has 0 saturated heterocycles. The maximum absolute atomic E-state index is 13.6. The first-order valence-electron chi connectivity index (χ1n) is 10.5. The van der Waals surface area contributed by atoms with Crippen LogP contribution in [-0.4, -0.2) is 27.2 Å². The van der Waals surface area contributed by atoms with Crippen LogP contribution in [0.3, 0.4) is 0 Å². The van der Waals surface area contributed by atoms with E-state index in [1.54, 1.807) is 47.4 Å². The molecular weight excluding hydrogens is 519 g/mol. The van der Waals surface area contributed by atoms with Crippen molar-refractivity contribution in [1.82, 2.24) is 18.7 Å². The number of halogens is 2. The summed E-state index contributed by atoms with van der Waals surface area (Å²) < 4.78 is 44.3. The van der Waals surface area contributed by atoms with E-state index in [9.17, 15) is 12.8 Å². The molecule has 0 N–H and O–H groups in total. The van der Waals surface area contributed by atoms with Crippen LogP contribution in [0.1, 0.15) is 16.8 Å². The summed E-state index contributed by atoms with van der Waals surface area (Å²) in [5, 5.41) is 5.26. The van der Waals surface area contributed by atoms with Crippen molar-refractivity contribution in [1.29, 1.82) is 0 Å². The van der Waals surface area contributed by atoms with Gasteiger partial charge in [0.2, 0.25) is 0 Å². The molecule has 0 aliphatic carbocycles. The average Bonchev–Trinajstić information content (AvgIpc) is 3.34. The molecule has 2 aromatic carbocycles. The summed E-state index contributed by atoms with van der Waals surface area (Å²) in [6, 6.07) is 14.9. The smallest absolute Gasteiger partial charge is 0.267 e. The largest absolute Gasteiger partial charge is 0.269 e. The zero-order chi connectivity index (χ0) is 24.0. The average molecular weight is 539 g/mol. The molecule has 5 rings (SSSR count). The maximum Gasteiger partial charge on any atom is 0.269 e. The molecule has 3 heterocycles. The van der Waals surface area contributed by atoms with Gasteiger partial charge in [0.05, 0.1) is 17.1 Å². The number of pyridine rings is 1. The van der Waals surface area contributed by atoms with E-state index in [1.807, 2.05) is 32.2 Å². The standard InChI is InChI=1S/C25H20BrFN4O2S/c1-16-6-8-21(9-7-16)34(32,33)31-15-24(22-11-19(26)12-28-25(22)31)23-14-30(29-17(23)2)13-18-4-3-5-20(27)10-18/h3-12,14-15H,13H2,1-2H3. The van der Waals surface area contributed by atoms with Crippen LogP contribution in [0.5, 0.6) is 0 Å². The molecule has 0 saturated carbocycles. The molecule has 0 spiro atoms. The van der Waals surface area contributed by atoms with Crippen LogP contribution in [0.25, 0.3) is 22.2 Å². The molecular formula is C25H20BrFN4O2S. The summed E-state index contributed by atoms with van der Waals surface area (Å²) in [6.07, 6.45) is 5.02. The van der Waals surface area contributed by atoms with Gasteiger partial charge in [0, 0.05) is 39.6 Å². The number of hydrogen-bond donors (Lipinski definition) is 0. The van der Waals surface area contributed by atoms with E-state index < -0.39 is 10.0 Å². The molecule has 6 nitrogen and oxygen atoms in total. The highest BCUT2D eigenvalue weighted by Gasteiger charge is 2.24. The van der Waals surface area contributed by atoms with Crippen molar-refractivity contribution < 1.29 is 12.8 Å². The predicted molar refractivity (Wildman–Crippen MR) is 133 cm³/mol. The van der Waals surface area contributed by atoms with Gasteiger partial charge in [-0.2, -0.15) is 5.10 Å². The van der Waals surface area contributed by atoms with E-state index >= 15 is 0 Å². The number of rotatable bonds is 5. The van der Waals surface area contributed by atoms with E-state index in [0.29, 0.717) is 23.1 Å². The Bertz CT molecular complexity index is 1640. The Morgan fingerprint density at radius 1 is 1.00 bits per heavy atom. The first kappa shape index (κ1) is 22.5. The molecule has 172 valence electrons. The minimum absolute atomic E-state index is 0.185. The number of benzene rings is 2. The van der Waals surface area contributed by atoms with Gasteiger partial charge >= 0.3 is 0 Å². The van der Waals surface area contributed by atoms with Crippen molar-refractivity contribution >= 4 is 37.0 Å². The van der Waals surface area contributed by atoms with Crippen LogP contribution in [0, 0.1) is 19.7 Å². The van der Waals surface area contributed by atoms with Gasteiger partial charge in [0.25, 0.3) is 10.0 Å². The Morgan fingerprint density at radius 3 is 2.50 bits per heavy atom. The minimum atomic E-state index is -3.87. The summed E-state index contributed by atoms with van der Waals surface area (Å²) in [7, 11) is -3.87. The third-order valence-electron chi connectivity index (χ3n) is 5.63. The topological polar surface area (TPSA) is 69.8 Å². The van der Waals surface area contributed by atoms with Gasteiger partial charge in [0.1, 0.15) is 5.82 Å². The predicted octanol–water partition coefficient (Wildman–Crippen LogP) is 5.70. The Morgan fingerprint density at radius 2 is 1.76 bits per heavy atom. The van der Waals surface area contributed by atoms with E-state index in [0.717, 1.165) is 26.9 Å². The number of nitrogens with zero attached hydrogens (tertiary/aromatic N) is 4. The Balaban J connectivity index is 1.65. The van der Waals surface area contributed by atoms with Gasteiger partial charge in [-0.1, -0.05) is 29.8 Å². The third-order valence-corrected chi connectivity index (χ3v) is 7.72. The molecule has 5 aromatic rings. The van der Waals surface area contributed by atoms with Crippen molar-refractivity contribution in [2.45, 2.75) is 25.3 Å². The highest BCUT2D eigenvalue weighted by Crippen LogP contribution is 2.35. The number of fused-ring (bicyclic) bond motifs is 1. The van der Waals surface area contributed by atoms with Gasteiger partial charge in [-0.3, -0.25) is 4.68 Å². The second kappa shape index (κ2) is 8.48.